The molecule has 0 fully saturated rings. The Morgan fingerprint density at radius 1 is 1.55 bits per heavy atom. The van der Waals surface area contributed by atoms with E-state index in [1.54, 1.807) is 0 Å². The van der Waals surface area contributed by atoms with Gasteiger partial charge in [-0.15, -0.1) is 0 Å². The van der Waals surface area contributed by atoms with E-state index in [2.05, 4.69) is 18.8 Å². The standard InChI is InChI=1S/C9H14ClN/c1-4-5-8-6(2)9(10)11-7(8)3/h6H,4-5H2,1-3H3. The van der Waals surface area contributed by atoms with E-state index in [-0.39, 0.29) is 0 Å². The molecule has 0 aromatic heterocycles. The number of rotatable bonds is 2. The molecule has 0 aliphatic carbocycles. The molecule has 1 nitrogen and oxygen atoms in total. The second-order valence-electron chi connectivity index (χ2n) is 3.02. The summed E-state index contributed by atoms with van der Waals surface area (Å²) in [6.45, 7) is 6.34. The van der Waals surface area contributed by atoms with Gasteiger partial charge in [0.15, 0.2) is 0 Å². The second-order valence-corrected chi connectivity index (χ2v) is 3.40. The Morgan fingerprint density at radius 2 is 2.18 bits per heavy atom. The minimum absolute atomic E-state index is 0.372. The van der Waals surface area contributed by atoms with Crippen molar-refractivity contribution in [3.63, 3.8) is 0 Å². The molecule has 0 aromatic carbocycles. The molecule has 0 aromatic rings. The molecule has 1 heterocycles. The van der Waals surface area contributed by atoms with Gasteiger partial charge in [-0.25, -0.2) is 4.99 Å². The van der Waals surface area contributed by atoms with Gasteiger partial charge >= 0.3 is 0 Å². The Balaban J connectivity index is 2.75. The van der Waals surface area contributed by atoms with Crippen LogP contribution in [0.2, 0.25) is 0 Å². The second kappa shape index (κ2) is 3.40. The summed E-state index contributed by atoms with van der Waals surface area (Å²) >= 11 is 5.90. The van der Waals surface area contributed by atoms with Crippen molar-refractivity contribution in [2.24, 2.45) is 10.9 Å². The average Bonchev–Trinajstić information content (AvgIpc) is 2.17. The molecule has 0 bridgehead atoms. The van der Waals surface area contributed by atoms with Crippen LogP contribution < -0.4 is 0 Å². The molecule has 0 saturated carbocycles. The fourth-order valence-electron chi connectivity index (χ4n) is 1.45. The van der Waals surface area contributed by atoms with E-state index in [1.165, 1.54) is 12.0 Å². The van der Waals surface area contributed by atoms with Gasteiger partial charge in [-0.3, -0.25) is 0 Å². The zero-order valence-corrected chi connectivity index (χ0v) is 8.07. The molecule has 11 heavy (non-hydrogen) atoms. The van der Waals surface area contributed by atoms with Gasteiger partial charge in [-0.2, -0.15) is 0 Å². The first kappa shape index (κ1) is 8.79. The van der Waals surface area contributed by atoms with Crippen LogP contribution in [0.5, 0.6) is 0 Å². The Hall–Kier alpha value is -0.300. The molecular formula is C9H14ClN. The summed E-state index contributed by atoms with van der Waals surface area (Å²) in [5.74, 6) is 0.372. The van der Waals surface area contributed by atoms with Crippen LogP contribution in [0.15, 0.2) is 16.3 Å². The summed E-state index contributed by atoms with van der Waals surface area (Å²) in [5.41, 5.74) is 2.54. The fraction of sp³-hybridized carbons (Fsp3) is 0.667. The van der Waals surface area contributed by atoms with E-state index in [0.29, 0.717) is 5.92 Å². The Morgan fingerprint density at radius 3 is 2.55 bits per heavy atom. The summed E-state index contributed by atoms with van der Waals surface area (Å²) in [6.07, 6.45) is 2.31. The molecule has 62 valence electrons. The van der Waals surface area contributed by atoms with E-state index in [1.807, 2.05) is 6.92 Å². The number of halogens is 1. The van der Waals surface area contributed by atoms with E-state index in [9.17, 15) is 0 Å². The van der Waals surface area contributed by atoms with Crippen LogP contribution >= 0.6 is 11.6 Å². The molecular weight excluding hydrogens is 158 g/mol. The first-order valence-corrected chi connectivity index (χ1v) is 4.48. The fourth-order valence-corrected chi connectivity index (χ4v) is 1.71. The van der Waals surface area contributed by atoms with Crippen LogP contribution in [0.4, 0.5) is 0 Å². The summed E-state index contributed by atoms with van der Waals surface area (Å²) in [7, 11) is 0. The monoisotopic (exact) mass is 171 g/mol. The van der Waals surface area contributed by atoms with Crippen LogP contribution in [0.3, 0.4) is 0 Å². The first-order valence-electron chi connectivity index (χ1n) is 4.10. The topological polar surface area (TPSA) is 12.4 Å². The third-order valence-corrected chi connectivity index (χ3v) is 2.55. The molecule has 1 aliphatic heterocycles. The van der Waals surface area contributed by atoms with E-state index in [4.69, 9.17) is 11.6 Å². The Labute approximate surface area is 73.2 Å². The van der Waals surface area contributed by atoms with E-state index in [0.717, 1.165) is 17.3 Å². The van der Waals surface area contributed by atoms with Gasteiger partial charge in [0, 0.05) is 11.6 Å². The van der Waals surface area contributed by atoms with Gasteiger partial charge in [-0.1, -0.05) is 31.9 Å². The largest absolute Gasteiger partial charge is 0.245 e. The van der Waals surface area contributed by atoms with Gasteiger partial charge in [0.2, 0.25) is 0 Å². The highest BCUT2D eigenvalue weighted by Gasteiger charge is 2.21. The average molecular weight is 172 g/mol. The number of hydrogen-bond donors (Lipinski definition) is 0. The van der Waals surface area contributed by atoms with Crippen molar-refractivity contribution in [3.05, 3.63) is 11.3 Å². The van der Waals surface area contributed by atoms with Crippen LogP contribution in [0.25, 0.3) is 0 Å². The lowest BCUT2D eigenvalue weighted by Crippen LogP contribution is -2.02. The smallest absolute Gasteiger partial charge is 0.113 e. The molecule has 0 N–H and O–H groups in total. The van der Waals surface area contributed by atoms with Crippen molar-refractivity contribution in [1.82, 2.24) is 0 Å². The highest BCUT2D eigenvalue weighted by Crippen LogP contribution is 2.30. The zero-order chi connectivity index (χ0) is 8.43. The van der Waals surface area contributed by atoms with Crippen LogP contribution in [0, 0.1) is 5.92 Å². The van der Waals surface area contributed by atoms with Gasteiger partial charge < -0.3 is 0 Å². The lowest BCUT2D eigenvalue weighted by atomic mass is 9.98. The van der Waals surface area contributed by atoms with Crippen molar-refractivity contribution in [2.75, 3.05) is 0 Å². The number of aliphatic imine (C=N–C) groups is 1. The van der Waals surface area contributed by atoms with Gasteiger partial charge in [-0.05, 0) is 18.9 Å². The highest BCUT2D eigenvalue weighted by molar-refractivity contribution is 6.66. The molecule has 0 radical (unpaired) electrons. The first-order chi connectivity index (χ1) is 5.16. The summed E-state index contributed by atoms with van der Waals surface area (Å²) in [5, 5.41) is 0.756. The van der Waals surface area contributed by atoms with Crippen LogP contribution in [0.1, 0.15) is 33.6 Å². The van der Waals surface area contributed by atoms with Crippen molar-refractivity contribution in [3.8, 4) is 0 Å². The normalized spacial score (nSPS) is 24.4. The molecule has 1 aliphatic rings. The van der Waals surface area contributed by atoms with E-state index >= 15 is 0 Å². The maximum atomic E-state index is 5.90. The highest BCUT2D eigenvalue weighted by atomic mass is 35.5. The maximum Gasteiger partial charge on any atom is 0.113 e. The van der Waals surface area contributed by atoms with Gasteiger partial charge in [0.1, 0.15) is 5.17 Å². The molecule has 1 unspecified atom stereocenters. The molecule has 1 rings (SSSR count). The minimum Gasteiger partial charge on any atom is -0.245 e. The van der Waals surface area contributed by atoms with Crippen LogP contribution in [-0.4, -0.2) is 5.17 Å². The predicted molar refractivity (Wildman–Crippen MR) is 50.1 cm³/mol. The van der Waals surface area contributed by atoms with Crippen LogP contribution in [-0.2, 0) is 0 Å². The summed E-state index contributed by atoms with van der Waals surface area (Å²) < 4.78 is 0. The molecule has 1 atom stereocenters. The van der Waals surface area contributed by atoms with Crippen molar-refractivity contribution < 1.29 is 0 Å². The van der Waals surface area contributed by atoms with Crippen molar-refractivity contribution in [2.45, 2.75) is 33.6 Å². The lowest BCUT2D eigenvalue weighted by Gasteiger charge is -2.07. The molecule has 0 saturated heterocycles. The van der Waals surface area contributed by atoms with Gasteiger partial charge in [0.25, 0.3) is 0 Å². The summed E-state index contributed by atoms with van der Waals surface area (Å²) in [6, 6.07) is 0. The molecule has 0 spiro atoms. The lowest BCUT2D eigenvalue weighted by molar-refractivity contribution is 0.796. The quantitative estimate of drug-likeness (QED) is 0.604. The third-order valence-electron chi connectivity index (χ3n) is 2.14. The van der Waals surface area contributed by atoms with Gasteiger partial charge in [0.05, 0.1) is 0 Å². The Bertz CT molecular complexity index is 216. The summed E-state index contributed by atoms with van der Waals surface area (Å²) in [4.78, 5) is 4.23. The number of hydrogen-bond acceptors (Lipinski definition) is 1. The Kier molecular flexibility index (Phi) is 2.72. The molecule has 2 heteroatoms. The van der Waals surface area contributed by atoms with Crippen molar-refractivity contribution in [1.29, 1.82) is 0 Å². The number of allylic oxidation sites excluding steroid dienone is 2. The molecule has 0 amide bonds. The number of nitrogens with zero attached hydrogens (tertiary/aromatic N) is 1. The SMILES string of the molecule is CCCC1=C(C)N=C(Cl)C1C. The minimum atomic E-state index is 0.372. The maximum absolute atomic E-state index is 5.90. The predicted octanol–water partition coefficient (Wildman–Crippen LogP) is 3.35. The van der Waals surface area contributed by atoms with Crippen molar-refractivity contribution >= 4 is 16.8 Å². The zero-order valence-electron chi connectivity index (χ0n) is 7.32. The van der Waals surface area contributed by atoms with E-state index < -0.39 is 0 Å². The third kappa shape index (κ3) is 1.64.